The second-order valence-electron chi connectivity index (χ2n) is 4.65. The van der Waals surface area contributed by atoms with E-state index in [-0.39, 0.29) is 16.9 Å². The van der Waals surface area contributed by atoms with Crippen LogP contribution in [-0.2, 0) is 0 Å². The number of thioether (sulfide) groups is 1. The quantitative estimate of drug-likeness (QED) is 0.793. The number of hydrogen-bond acceptors (Lipinski definition) is 5. The van der Waals surface area contributed by atoms with Crippen LogP contribution in [0.2, 0.25) is 0 Å². The molecule has 0 saturated heterocycles. The SMILES string of the molecule is Cc1ccc(C2=NN[C@@H](c3ccc(O)cc3O)S2)cc1. The number of aryl methyl sites for hydroxylation is 1. The molecule has 102 valence electrons. The Hall–Kier alpha value is -2.14. The van der Waals surface area contributed by atoms with Crippen molar-refractivity contribution in [3.63, 3.8) is 0 Å². The van der Waals surface area contributed by atoms with Gasteiger partial charge in [0.1, 0.15) is 21.9 Å². The zero-order chi connectivity index (χ0) is 14.1. The molecule has 1 heterocycles. The molecular weight excluding hydrogens is 272 g/mol. The van der Waals surface area contributed by atoms with E-state index in [4.69, 9.17) is 0 Å². The first-order chi connectivity index (χ1) is 9.63. The molecule has 0 aromatic heterocycles. The van der Waals surface area contributed by atoms with Gasteiger partial charge in [-0.1, -0.05) is 41.6 Å². The van der Waals surface area contributed by atoms with Crippen molar-refractivity contribution in [2.75, 3.05) is 0 Å². The summed E-state index contributed by atoms with van der Waals surface area (Å²) >= 11 is 1.54. The van der Waals surface area contributed by atoms with E-state index in [0.717, 1.165) is 10.6 Å². The second kappa shape index (κ2) is 5.09. The Labute approximate surface area is 121 Å². The molecular formula is C15H14N2O2S. The normalized spacial score (nSPS) is 17.6. The van der Waals surface area contributed by atoms with Gasteiger partial charge in [0.15, 0.2) is 0 Å². The summed E-state index contributed by atoms with van der Waals surface area (Å²) in [7, 11) is 0. The predicted molar refractivity (Wildman–Crippen MR) is 81.0 cm³/mol. The summed E-state index contributed by atoms with van der Waals surface area (Å²) in [5, 5.41) is 24.3. The standard InChI is InChI=1S/C15H14N2O2S/c1-9-2-4-10(5-3-9)14-16-17-15(20-14)12-7-6-11(18)8-13(12)19/h2-8,15,17-19H,1H3/t15-/m1/s1. The van der Waals surface area contributed by atoms with Crippen LogP contribution >= 0.6 is 11.8 Å². The van der Waals surface area contributed by atoms with Gasteiger partial charge < -0.3 is 10.2 Å². The van der Waals surface area contributed by atoms with Crippen LogP contribution < -0.4 is 5.43 Å². The minimum absolute atomic E-state index is 0.0499. The van der Waals surface area contributed by atoms with E-state index < -0.39 is 0 Å². The molecule has 2 aromatic carbocycles. The molecule has 20 heavy (non-hydrogen) atoms. The van der Waals surface area contributed by atoms with Crippen molar-refractivity contribution in [1.82, 2.24) is 5.43 Å². The lowest BCUT2D eigenvalue weighted by atomic mass is 10.2. The molecule has 0 amide bonds. The summed E-state index contributed by atoms with van der Waals surface area (Å²) < 4.78 is 0. The zero-order valence-electron chi connectivity index (χ0n) is 10.9. The monoisotopic (exact) mass is 286 g/mol. The molecule has 0 bridgehead atoms. The number of benzene rings is 2. The van der Waals surface area contributed by atoms with Crippen LogP contribution in [0.25, 0.3) is 0 Å². The van der Waals surface area contributed by atoms with Gasteiger partial charge in [-0.2, -0.15) is 5.10 Å². The second-order valence-corrected chi connectivity index (χ2v) is 5.75. The van der Waals surface area contributed by atoms with Crippen LogP contribution in [0.1, 0.15) is 22.1 Å². The van der Waals surface area contributed by atoms with Gasteiger partial charge in [-0.25, -0.2) is 0 Å². The number of nitrogens with one attached hydrogen (secondary N) is 1. The number of phenols is 2. The summed E-state index contributed by atoms with van der Waals surface area (Å²) in [6.45, 7) is 2.04. The van der Waals surface area contributed by atoms with E-state index in [1.807, 2.05) is 31.2 Å². The summed E-state index contributed by atoms with van der Waals surface area (Å²) in [6, 6.07) is 12.7. The van der Waals surface area contributed by atoms with Crippen LogP contribution in [0.4, 0.5) is 0 Å². The van der Waals surface area contributed by atoms with Crippen molar-refractivity contribution >= 4 is 16.8 Å². The first kappa shape index (κ1) is 12.9. The number of rotatable bonds is 2. The first-order valence-electron chi connectivity index (χ1n) is 6.22. The molecule has 2 aromatic rings. The predicted octanol–water partition coefficient (Wildman–Crippen LogP) is 3.10. The molecule has 0 spiro atoms. The van der Waals surface area contributed by atoms with Crippen LogP contribution in [-0.4, -0.2) is 15.3 Å². The van der Waals surface area contributed by atoms with Gasteiger partial charge in [0.05, 0.1) is 0 Å². The minimum atomic E-state index is -0.146. The van der Waals surface area contributed by atoms with Crippen LogP contribution in [0, 0.1) is 6.92 Å². The van der Waals surface area contributed by atoms with Crippen molar-refractivity contribution in [3.8, 4) is 11.5 Å². The van der Waals surface area contributed by atoms with E-state index in [2.05, 4.69) is 10.5 Å². The largest absolute Gasteiger partial charge is 0.508 e. The summed E-state index contributed by atoms with van der Waals surface area (Å²) in [5.41, 5.74) is 5.97. The summed E-state index contributed by atoms with van der Waals surface area (Å²) in [5.74, 6) is 0.115. The number of hydrazone groups is 1. The van der Waals surface area contributed by atoms with Gasteiger partial charge in [-0.3, -0.25) is 5.43 Å². The third-order valence-electron chi connectivity index (χ3n) is 3.11. The Bertz CT molecular complexity index is 668. The Morgan fingerprint density at radius 2 is 1.85 bits per heavy atom. The maximum atomic E-state index is 9.88. The summed E-state index contributed by atoms with van der Waals surface area (Å²) in [6.07, 6.45) is 0. The van der Waals surface area contributed by atoms with Crippen molar-refractivity contribution in [2.24, 2.45) is 5.10 Å². The van der Waals surface area contributed by atoms with Gasteiger partial charge in [0, 0.05) is 17.2 Å². The molecule has 1 aliphatic heterocycles. The van der Waals surface area contributed by atoms with Crippen LogP contribution in [0.15, 0.2) is 47.6 Å². The highest BCUT2D eigenvalue weighted by atomic mass is 32.2. The topological polar surface area (TPSA) is 64.9 Å². The van der Waals surface area contributed by atoms with E-state index >= 15 is 0 Å². The van der Waals surface area contributed by atoms with Gasteiger partial charge in [-0.15, -0.1) is 0 Å². The highest BCUT2D eigenvalue weighted by Gasteiger charge is 2.24. The lowest BCUT2D eigenvalue weighted by molar-refractivity contribution is 0.444. The Morgan fingerprint density at radius 3 is 2.55 bits per heavy atom. The molecule has 3 rings (SSSR count). The van der Waals surface area contributed by atoms with E-state index in [0.29, 0.717) is 5.56 Å². The maximum absolute atomic E-state index is 9.88. The van der Waals surface area contributed by atoms with Crippen LogP contribution in [0.5, 0.6) is 11.5 Å². The average molecular weight is 286 g/mol. The third kappa shape index (κ3) is 2.44. The maximum Gasteiger partial charge on any atom is 0.126 e. The van der Waals surface area contributed by atoms with Gasteiger partial charge >= 0.3 is 0 Å². The highest BCUT2D eigenvalue weighted by Crippen LogP contribution is 2.39. The fourth-order valence-electron chi connectivity index (χ4n) is 2.00. The molecule has 0 radical (unpaired) electrons. The molecule has 0 aliphatic carbocycles. The lowest BCUT2D eigenvalue weighted by Gasteiger charge is -2.11. The Kier molecular flexibility index (Phi) is 3.28. The molecule has 0 fully saturated rings. The fraction of sp³-hybridized carbons (Fsp3) is 0.133. The molecule has 1 aliphatic rings. The van der Waals surface area contributed by atoms with E-state index in [1.165, 1.54) is 23.4 Å². The molecule has 5 heteroatoms. The third-order valence-corrected chi connectivity index (χ3v) is 4.25. The summed E-state index contributed by atoms with van der Waals surface area (Å²) in [4.78, 5) is 0. The first-order valence-corrected chi connectivity index (χ1v) is 7.10. The molecule has 1 atom stereocenters. The van der Waals surface area contributed by atoms with Gasteiger partial charge in [-0.05, 0) is 19.1 Å². The van der Waals surface area contributed by atoms with Crippen molar-refractivity contribution in [1.29, 1.82) is 0 Å². The van der Waals surface area contributed by atoms with Crippen molar-refractivity contribution in [2.45, 2.75) is 12.3 Å². The van der Waals surface area contributed by atoms with Crippen molar-refractivity contribution in [3.05, 3.63) is 59.2 Å². The van der Waals surface area contributed by atoms with Gasteiger partial charge in [0.2, 0.25) is 0 Å². The fourth-order valence-corrected chi connectivity index (χ4v) is 3.03. The van der Waals surface area contributed by atoms with Crippen molar-refractivity contribution < 1.29 is 10.2 Å². The lowest BCUT2D eigenvalue weighted by Crippen LogP contribution is -2.06. The molecule has 4 nitrogen and oxygen atoms in total. The zero-order valence-corrected chi connectivity index (χ0v) is 11.7. The van der Waals surface area contributed by atoms with E-state index in [1.54, 1.807) is 12.1 Å². The van der Waals surface area contributed by atoms with Crippen LogP contribution in [0.3, 0.4) is 0 Å². The van der Waals surface area contributed by atoms with E-state index in [9.17, 15) is 10.2 Å². The molecule has 0 unspecified atom stereocenters. The number of nitrogens with zero attached hydrogens (tertiary/aromatic N) is 1. The average Bonchev–Trinajstić information content (AvgIpc) is 2.89. The Morgan fingerprint density at radius 1 is 1.10 bits per heavy atom. The Balaban J connectivity index is 1.80. The minimum Gasteiger partial charge on any atom is -0.508 e. The smallest absolute Gasteiger partial charge is 0.126 e. The van der Waals surface area contributed by atoms with Gasteiger partial charge in [0.25, 0.3) is 0 Å². The number of hydrogen-bond donors (Lipinski definition) is 3. The number of phenolic OH excluding ortho intramolecular Hbond substituents is 2. The molecule has 3 N–H and O–H groups in total. The highest BCUT2D eigenvalue weighted by molar-refractivity contribution is 8.14. The molecule has 0 saturated carbocycles. The number of aromatic hydroxyl groups is 2.